The van der Waals surface area contributed by atoms with Gasteiger partial charge in [-0.15, -0.1) is 0 Å². The Morgan fingerprint density at radius 2 is 1.93 bits per heavy atom. The van der Waals surface area contributed by atoms with Crippen LogP contribution in [0.15, 0.2) is 11.8 Å². The van der Waals surface area contributed by atoms with Gasteiger partial charge in [-0.25, -0.2) is 0 Å². The largest absolute Gasteiger partial charge is 0.377 e. The summed E-state index contributed by atoms with van der Waals surface area (Å²) in [5.41, 5.74) is 5.77. The first-order valence-corrected chi connectivity index (χ1v) is 4.85. The lowest BCUT2D eigenvalue weighted by atomic mass is 10.1. The molecule has 1 aliphatic heterocycles. The molecule has 0 aromatic carbocycles. The van der Waals surface area contributed by atoms with Gasteiger partial charge in [0.15, 0.2) is 0 Å². The summed E-state index contributed by atoms with van der Waals surface area (Å²) in [6, 6.07) is 0.598. The Balaban J connectivity index is 2.73. The van der Waals surface area contributed by atoms with Crippen LogP contribution >= 0.6 is 0 Å². The van der Waals surface area contributed by atoms with Gasteiger partial charge in [0.1, 0.15) is 0 Å². The van der Waals surface area contributed by atoms with E-state index in [-0.39, 0.29) is 5.91 Å². The molecule has 0 radical (unpaired) electrons. The van der Waals surface area contributed by atoms with Crippen molar-refractivity contribution in [1.82, 2.24) is 4.90 Å². The fraction of sp³-hybridized carbons (Fsp3) is 0.700. The van der Waals surface area contributed by atoms with Crippen molar-refractivity contribution < 1.29 is 9.53 Å². The molecule has 4 nitrogen and oxygen atoms in total. The second kappa shape index (κ2) is 4.46. The predicted octanol–water partition coefficient (Wildman–Crippen LogP) is 0.485. The zero-order valence-electron chi connectivity index (χ0n) is 8.99. The molecule has 0 spiro atoms. The number of rotatable bonds is 2. The van der Waals surface area contributed by atoms with Crippen LogP contribution in [0.3, 0.4) is 0 Å². The van der Waals surface area contributed by atoms with Crippen LogP contribution in [0.25, 0.3) is 0 Å². The molecule has 1 aliphatic rings. The van der Waals surface area contributed by atoms with Crippen molar-refractivity contribution in [2.24, 2.45) is 5.73 Å². The van der Waals surface area contributed by atoms with E-state index in [4.69, 9.17) is 10.5 Å². The van der Waals surface area contributed by atoms with Crippen LogP contribution in [0, 0.1) is 0 Å². The lowest BCUT2D eigenvalue weighted by Crippen LogP contribution is -2.46. The maximum absolute atomic E-state index is 10.9. The Hall–Kier alpha value is -1.03. The topological polar surface area (TPSA) is 55.6 Å². The van der Waals surface area contributed by atoms with Gasteiger partial charge in [-0.3, -0.25) is 4.79 Å². The summed E-state index contributed by atoms with van der Waals surface area (Å²) in [7, 11) is 0. The highest BCUT2D eigenvalue weighted by Gasteiger charge is 2.22. The van der Waals surface area contributed by atoms with E-state index in [1.807, 2.05) is 6.20 Å². The molecule has 1 fully saturated rings. The molecule has 1 heterocycles. The molecule has 2 unspecified atom stereocenters. The van der Waals surface area contributed by atoms with Gasteiger partial charge in [-0.2, -0.15) is 0 Å². The molecule has 2 atom stereocenters. The predicted molar refractivity (Wildman–Crippen MR) is 54.5 cm³/mol. The molecule has 1 saturated heterocycles. The van der Waals surface area contributed by atoms with Gasteiger partial charge in [0.05, 0.1) is 13.2 Å². The number of hydrogen-bond donors (Lipinski definition) is 1. The molecule has 0 aromatic heterocycles. The van der Waals surface area contributed by atoms with Gasteiger partial charge in [0.25, 0.3) is 0 Å². The summed E-state index contributed by atoms with van der Waals surface area (Å²) in [6.45, 7) is 7.28. The summed E-state index contributed by atoms with van der Waals surface area (Å²) in [5.74, 6) is -0.365. The molecule has 80 valence electrons. The van der Waals surface area contributed by atoms with Crippen molar-refractivity contribution in [3.05, 3.63) is 11.8 Å². The molecule has 14 heavy (non-hydrogen) atoms. The number of nitrogens with two attached hydrogens (primary N) is 1. The van der Waals surface area contributed by atoms with Crippen molar-refractivity contribution >= 4 is 5.91 Å². The number of hydrogen-bond acceptors (Lipinski definition) is 3. The van der Waals surface area contributed by atoms with Gasteiger partial charge >= 0.3 is 0 Å². The van der Waals surface area contributed by atoms with Crippen LogP contribution in [0.1, 0.15) is 20.8 Å². The quantitative estimate of drug-likeness (QED) is 0.657. The molecule has 2 N–H and O–H groups in total. The van der Waals surface area contributed by atoms with E-state index in [0.717, 1.165) is 0 Å². The van der Waals surface area contributed by atoms with Gasteiger partial charge in [0, 0.05) is 23.9 Å². The van der Waals surface area contributed by atoms with Crippen LogP contribution in [0.5, 0.6) is 0 Å². The summed E-state index contributed by atoms with van der Waals surface area (Å²) in [6.07, 6.45) is 1.83. The van der Waals surface area contributed by atoms with Crippen molar-refractivity contribution in [2.45, 2.75) is 32.9 Å². The van der Waals surface area contributed by atoms with Crippen LogP contribution < -0.4 is 5.73 Å². The molecule has 0 bridgehead atoms. The highest BCUT2D eigenvalue weighted by atomic mass is 16.5. The summed E-state index contributed by atoms with van der Waals surface area (Å²) < 4.78 is 5.38. The number of amides is 1. The van der Waals surface area contributed by atoms with Crippen molar-refractivity contribution in [1.29, 1.82) is 0 Å². The fourth-order valence-corrected chi connectivity index (χ4v) is 1.56. The molecular weight excluding hydrogens is 180 g/mol. The van der Waals surface area contributed by atoms with E-state index < -0.39 is 0 Å². The third-order valence-electron chi connectivity index (χ3n) is 2.47. The zero-order chi connectivity index (χ0) is 10.7. The first kappa shape index (κ1) is 11.0. The molecular formula is C10H18N2O2. The lowest BCUT2D eigenvalue weighted by molar-refractivity contribution is -0.114. The van der Waals surface area contributed by atoms with E-state index in [0.29, 0.717) is 30.9 Å². The first-order chi connectivity index (χ1) is 6.52. The van der Waals surface area contributed by atoms with Crippen LogP contribution in [-0.4, -0.2) is 36.1 Å². The Kier molecular flexibility index (Phi) is 3.52. The lowest BCUT2D eigenvalue weighted by Gasteiger charge is -2.38. The molecule has 0 aliphatic carbocycles. The smallest absolute Gasteiger partial charge is 0.245 e. The van der Waals surface area contributed by atoms with Gasteiger partial charge in [-0.1, -0.05) is 0 Å². The number of morpholine rings is 1. The van der Waals surface area contributed by atoms with Gasteiger partial charge < -0.3 is 15.4 Å². The minimum atomic E-state index is -0.365. The van der Waals surface area contributed by atoms with Crippen LogP contribution in [0.2, 0.25) is 0 Å². The van der Waals surface area contributed by atoms with E-state index in [1.54, 1.807) is 6.92 Å². The Bertz CT molecular complexity index is 241. The van der Waals surface area contributed by atoms with E-state index in [9.17, 15) is 4.79 Å². The van der Waals surface area contributed by atoms with Crippen LogP contribution in [0.4, 0.5) is 0 Å². The molecule has 0 saturated carbocycles. The maximum Gasteiger partial charge on any atom is 0.245 e. The van der Waals surface area contributed by atoms with Crippen molar-refractivity contribution in [3.8, 4) is 0 Å². The minimum Gasteiger partial charge on any atom is -0.377 e. The summed E-state index contributed by atoms with van der Waals surface area (Å²) in [4.78, 5) is 13.0. The number of primary amides is 1. The van der Waals surface area contributed by atoms with E-state index in [1.165, 1.54) is 0 Å². The first-order valence-electron chi connectivity index (χ1n) is 4.85. The fourth-order valence-electron chi connectivity index (χ4n) is 1.56. The second-order valence-electron chi connectivity index (χ2n) is 3.86. The molecule has 0 aromatic rings. The van der Waals surface area contributed by atoms with Crippen LogP contribution in [-0.2, 0) is 9.53 Å². The maximum atomic E-state index is 10.9. The number of nitrogens with zero attached hydrogens (tertiary/aromatic N) is 1. The monoisotopic (exact) mass is 198 g/mol. The Labute approximate surface area is 84.7 Å². The average molecular weight is 198 g/mol. The Morgan fingerprint density at radius 3 is 2.36 bits per heavy atom. The highest BCUT2D eigenvalue weighted by molar-refractivity contribution is 5.91. The number of ether oxygens (including phenoxy) is 1. The number of carbonyl (C=O) groups excluding carboxylic acids is 1. The standard InChI is InChI=1S/C10H18N2O2/c1-7(10(11)13)4-12-8(2)5-14-6-9(12)3/h4,8-9H,5-6H2,1-3H3,(H2,11,13). The molecule has 1 amide bonds. The zero-order valence-corrected chi connectivity index (χ0v) is 8.99. The molecule has 4 heteroatoms. The third kappa shape index (κ3) is 2.48. The van der Waals surface area contributed by atoms with E-state index >= 15 is 0 Å². The minimum absolute atomic E-state index is 0.299. The van der Waals surface area contributed by atoms with Gasteiger partial charge in [-0.05, 0) is 20.8 Å². The summed E-state index contributed by atoms with van der Waals surface area (Å²) in [5, 5.41) is 0. The van der Waals surface area contributed by atoms with Gasteiger partial charge in [0.2, 0.25) is 5.91 Å². The SMILES string of the molecule is CC(=CN1C(C)COCC1C)C(N)=O. The summed E-state index contributed by atoms with van der Waals surface area (Å²) >= 11 is 0. The highest BCUT2D eigenvalue weighted by Crippen LogP contribution is 2.14. The van der Waals surface area contributed by atoms with Crippen molar-refractivity contribution in [2.75, 3.05) is 13.2 Å². The number of carbonyl (C=O) groups is 1. The third-order valence-corrected chi connectivity index (χ3v) is 2.47. The molecule has 1 rings (SSSR count). The second-order valence-corrected chi connectivity index (χ2v) is 3.86. The Morgan fingerprint density at radius 1 is 1.43 bits per heavy atom. The normalized spacial score (nSPS) is 29.1. The van der Waals surface area contributed by atoms with E-state index in [2.05, 4.69) is 18.7 Å². The van der Waals surface area contributed by atoms with Crippen molar-refractivity contribution in [3.63, 3.8) is 0 Å². The average Bonchev–Trinajstić information content (AvgIpc) is 2.11.